The van der Waals surface area contributed by atoms with Gasteiger partial charge in [0.25, 0.3) is 0 Å². The fraction of sp³-hybridized carbons (Fsp3) is 0.500. The monoisotopic (exact) mass is 223 g/mol. The summed E-state index contributed by atoms with van der Waals surface area (Å²) >= 11 is 5.91. The molecule has 0 aromatic carbocycles. The van der Waals surface area contributed by atoms with Gasteiger partial charge in [-0.3, -0.25) is 4.79 Å². The van der Waals surface area contributed by atoms with Gasteiger partial charge in [-0.2, -0.15) is 0 Å². The van der Waals surface area contributed by atoms with Crippen LogP contribution >= 0.6 is 11.6 Å². The Morgan fingerprint density at radius 3 is 2.60 bits per heavy atom. The van der Waals surface area contributed by atoms with Crippen LogP contribution in [0.2, 0.25) is 5.15 Å². The van der Waals surface area contributed by atoms with Crippen molar-refractivity contribution < 1.29 is 4.79 Å². The van der Waals surface area contributed by atoms with E-state index in [9.17, 15) is 4.79 Å². The molecule has 80 valence electrons. The number of carbonyl (C=O) groups is 1. The number of aromatic nitrogens is 1. The number of hydrogen-bond acceptors (Lipinski definition) is 2. The van der Waals surface area contributed by atoms with Crippen LogP contribution in [0.15, 0.2) is 12.1 Å². The molecule has 1 saturated carbocycles. The van der Waals surface area contributed by atoms with Gasteiger partial charge in [0.2, 0.25) is 0 Å². The van der Waals surface area contributed by atoms with Crippen molar-refractivity contribution in [3.8, 4) is 0 Å². The summed E-state index contributed by atoms with van der Waals surface area (Å²) < 4.78 is 0. The summed E-state index contributed by atoms with van der Waals surface area (Å²) in [6.07, 6.45) is 7.03. The summed E-state index contributed by atoms with van der Waals surface area (Å²) in [5.74, 6) is 0.539. The lowest BCUT2D eigenvalue weighted by Crippen LogP contribution is -2.07. The number of hydrogen-bond donors (Lipinski definition) is 0. The third-order valence-corrected chi connectivity index (χ3v) is 3.35. The topological polar surface area (TPSA) is 30.0 Å². The normalized spacial score (nSPS) is 17.7. The van der Waals surface area contributed by atoms with Crippen LogP contribution < -0.4 is 0 Å². The van der Waals surface area contributed by atoms with Crippen LogP contribution in [0.5, 0.6) is 0 Å². The molecule has 1 aliphatic carbocycles. The van der Waals surface area contributed by atoms with E-state index in [2.05, 4.69) is 4.98 Å². The van der Waals surface area contributed by atoms with Gasteiger partial charge in [-0.15, -0.1) is 0 Å². The molecule has 1 aromatic heterocycles. The van der Waals surface area contributed by atoms with E-state index < -0.39 is 0 Å². The number of halogens is 1. The van der Waals surface area contributed by atoms with Crippen molar-refractivity contribution in [3.05, 3.63) is 28.5 Å². The highest BCUT2D eigenvalue weighted by atomic mass is 35.5. The second-order valence-corrected chi connectivity index (χ2v) is 4.43. The summed E-state index contributed by atoms with van der Waals surface area (Å²) in [5.41, 5.74) is 1.53. The first-order valence-corrected chi connectivity index (χ1v) is 5.80. The molecule has 1 aromatic rings. The maximum atomic E-state index is 10.6. The Hall–Kier alpha value is -0.890. The van der Waals surface area contributed by atoms with Crippen LogP contribution in [-0.2, 0) is 0 Å². The van der Waals surface area contributed by atoms with Crippen molar-refractivity contribution in [2.24, 2.45) is 0 Å². The fourth-order valence-corrected chi connectivity index (χ4v) is 2.38. The molecule has 0 N–H and O–H groups in total. The van der Waals surface area contributed by atoms with Gasteiger partial charge in [0.1, 0.15) is 5.15 Å². The minimum absolute atomic E-state index is 0.341. The highest BCUT2D eigenvalue weighted by Crippen LogP contribution is 2.32. The van der Waals surface area contributed by atoms with E-state index in [4.69, 9.17) is 11.6 Å². The standard InChI is InChI=1S/C12H14ClNO/c13-12-10(8-15)6-7-11(14-12)9-4-2-1-3-5-9/h6-9H,1-5H2. The molecule has 1 heterocycles. The van der Waals surface area contributed by atoms with Crippen molar-refractivity contribution in [3.63, 3.8) is 0 Å². The molecule has 0 atom stereocenters. The van der Waals surface area contributed by atoms with Crippen LogP contribution in [0.4, 0.5) is 0 Å². The summed E-state index contributed by atoms with van der Waals surface area (Å²) in [6.45, 7) is 0. The number of aldehydes is 1. The molecule has 0 unspecified atom stereocenters. The van der Waals surface area contributed by atoms with Gasteiger partial charge in [-0.1, -0.05) is 30.9 Å². The minimum atomic E-state index is 0.341. The van der Waals surface area contributed by atoms with E-state index in [1.807, 2.05) is 6.07 Å². The molecule has 15 heavy (non-hydrogen) atoms. The van der Waals surface area contributed by atoms with Crippen molar-refractivity contribution in [1.29, 1.82) is 0 Å². The average Bonchev–Trinajstić information content (AvgIpc) is 2.30. The SMILES string of the molecule is O=Cc1ccc(C2CCCCC2)nc1Cl. The lowest BCUT2D eigenvalue weighted by atomic mass is 9.86. The average molecular weight is 224 g/mol. The Balaban J connectivity index is 2.21. The van der Waals surface area contributed by atoms with E-state index in [-0.39, 0.29) is 0 Å². The number of carbonyl (C=O) groups excluding carboxylic acids is 1. The van der Waals surface area contributed by atoms with Crippen LogP contribution in [-0.4, -0.2) is 11.3 Å². The zero-order chi connectivity index (χ0) is 10.7. The molecule has 0 amide bonds. The third kappa shape index (κ3) is 2.37. The Kier molecular flexibility index (Phi) is 3.37. The summed E-state index contributed by atoms with van der Waals surface area (Å²) in [7, 11) is 0. The number of rotatable bonds is 2. The number of nitrogens with zero attached hydrogens (tertiary/aromatic N) is 1. The van der Waals surface area contributed by atoms with Crippen LogP contribution in [0, 0.1) is 0 Å². The molecule has 0 bridgehead atoms. The van der Waals surface area contributed by atoms with Crippen molar-refractivity contribution in [1.82, 2.24) is 4.98 Å². The summed E-state index contributed by atoms with van der Waals surface area (Å²) in [4.78, 5) is 14.9. The molecule has 1 fully saturated rings. The smallest absolute Gasteiger partial charge is 0.153 e. The quantitative estimate of drug-likeness (QED) is 0.567. The molecule has 1 aliphatic rings. The second-order valence-electron chi connectivity index (χ2n) is 4.07. The predicted octanol–water partition coefficient (Wildman–Crippen LogP) is 3.60. The maximum absolute atomic E-state index is 10.6. The Labute approximate surface area is 94.7 Å². The third-order valence-electron chi connectivity index (χ3n) is 3.05. The Morgan fingerprint density at radius 2 is 2.00 bits per heavy atom. The van der Waals surface area contributed by atoms with Crippen LogP contribution in [0.25, 0.3) is 0 Å². The first-order valence-electron chi connectivity index (χ1n) is 5.43. The lowest BCUT2D eigenvalue weighted by Gasteiger charge is -2.21. The van der Waals surface area contributed by atoms with Gasteiger partial charge >= 0.3 is 0 Å². The fourth-order valence-electron chi connectivity index (χ4n) is 2.17. The highest BCUT2D eigenvalue weighted by Gasteiger charge is 2.17. The molecular weight excluding hydrogens is 210 g/mol. The van der Waals surface area contributed by atoms with Crippen LogP contribution in [0.3, 0.4) is 0 Å². The first kappa shape index (κ1) is 10.6. The van der Waals surface area contributed by atoms with Crippen LogP contribution in [0.1, 0.15) is 54.1 Å². The van der Waals surface area contributed by atoms with E-state index in [0.717, 1.165) is 12.0 Å². The van der Waals surface area contributed by atoms with Gasteiger partial charge in [-0.25, -0.2) is 4.98 Å². The molecular formula is C12H14ClNO. The summed E-state index contributed by atoms with van der Waals surface area (Å²) in [5, 5.41) is 0.341. The van der Waals surface area contributed by atoms with Gasteiger partial charge in [0, 0.05) is 11.6 Å². The molecule has 0 aliphatic heterocycles. The number of pyridine rings is 1. The van der Waals surface area contributed by atoms with Gasteiger partial charge in [0.05, 0.1) is 5.56 Å². The van der Waals surface area contributed by atoms with Crippen molar-refractivity contribution >= 4 is 17.9 Å². The molecule has 0 radical (unpaired) electrons. The zero-order valence-corrected chi connectivity index (χ0v) is 9.33. The molecule has 2 rings (SSSR count). The molecule has 0 saturated heterocycles. The van der Waals surface area contributed by atoms with Gasteiger partial charge < -0.3 is 0 Å². The van der Waals surface area contributed by atoms with E-state index >= 15 is 0 Å². The van der Waals surface area contributed by atoms with E-state index in [0.29, 0.717) is 16.6 Å². The van der Waals surface area contributed by atoms with Gasteiger partial charge in [-0.05, 0) is 25.0 Å². The predicted molar refractivity (Wildman–Crippen MR) is 60.5 cm³/mol. The van der Waals surface area contributed by atoms with E-state index in [1.165, 1.54) is 32.1 Å². The maximum Gasteiger partial charge on any atom is 0.153 e. The first-order chi connectivity index (χ1) is 7.31. The minimum Gasteiger partial charge on any atom is -0.298 e. The largest absolute Gasteiger partial charge is 0.298 e. The lowest BCUT2D eigenvalue weighted by molar-refractivity contribution is 0.112. The molecule has 3 heteroatoms. The second kappa shape index (κ2) is 4.75. The Bertz CT molecular complexity index is 359. The summed E-state index contributed by atoms with van der Waals surface area (Å²) in [6, 6.07) is 3.71. The zero-order valence-electron chi connectivity index (χ0n) is 8.58. The Morgan fingerprint density at radius 1 is 1.27 bits per heavy atom. The van der Waals surface area contributed by atoms with E-state index in [1.54, 1.807) is 6.07 Å². The molecule has 2 nitrogen and oxygen atoms in total. The van der Waals surface area contributed by atoms with Crippen molar-refractivity contribution in [2.75, 3.05) is 0 Å². The van der Waals surface area contributed by atoms with Gasteiger partial charge in [0.15, 0.2) is 6.29 Å². The molecule has 0 spiro atoms. The highest BCUT2D eigenvalue weighted by molar-refractivity contribution is 6.31. The van der Waals surface area contributed by atoms with Crippen molar-refractivity contribution in [2.45, 2.75) is 38.0 Å².